The van der Waals surface area contributed by atoms with Crippen LogP contribution < -0.4 is 15.4 Å². The second kappa shape index (κ2) is 7.20. The van der Waals surface area contributed by atoms with E-state index in [1.807, 2.05) is 0 Å². The monoisotopic (exact) mass is 267 g/mol. The lowest BCUT2D eigenvalue weighted by molar-refractivity contribution is -0.384. The maximum atomic E-state index is 10.9. The van der Waals surface area contributed by atoms with Gasteiger partial charge in [0.1, 0.15) is 11.4 Å². The summed E-state index contributed by atoms with van der Waals surface area (Å²) in [5.41, 5.74) is 0.410. The number of methoxy groups -OCH3 is 1. The van der Waals surface area contributed by atoms with Crippen molar-refractivity contribution in [2.75, 3.05) is 25.5 Å². The third-order valence-electron chi connectivity index (χ3n) is 2.44. The average Bonchev–Trinajstić information content (AvgIpc) is 2.37. The largest absolute Gasteiger partial charge is 0.497 e. The summed E-state index contributed by atoms with van der Waals surface area (Å²) in [5, 5.41) is 16.5. The van der Waals surface area contributed by atoms with Crippen LogP contribution in [0.2, 0.25) is 0 Å². The van der Waals surface area contributed by atoms with Gasteiger partial charge in [-0.3, -0.25) is 14.9 Å². The van der Waals surface area contributed by atoms with Gasteiger partial charge >= 0.3 is 0 Å². The van der Waals surface area contributed by atoms with Gasteiger partial charge in [0.05, 0.1) is 12.0 Å². The molecule has 0 atom stereocenters. The molecule has 19 heavy (non-hydrogen) atoms. The Morgan fingerprint density at radius 2 is 2.16 bits per heavy atom. The van der Waals surface area contributed by atoms with Crippen LogP contribution in [0.3, 0.4) is 0 Å². The Morgan fingerprint density at radius 3 is 2.74 bits per heavy atom. The van der Waals surface area contributed by atoms with E-state index in [-0.39, 0.29) is 11.6 Å². The Morgan fingerprint density at radius 1 is 1.42 bits per heavy atom. The van der Waals surface area contributed by atoms with Crippen molar-refractivity contribution < 1.29 is 14.5 Å². The van der Waals surface area contributed by atoms with Gasteiger partial charge in [-0.15, -0.1) is 0 Å². The fraction of sp³-hybridized carbons (Fsp3) is 0.417. The fourth-order valence-electron chi connectivity index (χ4n) is 1.52. The number of carbonyl (C=O) groups excluding carboxylic acids is 1. The number of nitro benzene ring substituents is 1. The van der Waals surface area contributed by atoms with Crippen LogP contribution >= 0.6 is 0 Å². The molecule has 0 saturated carbocycles. The zero-order valence-corrected chi connectivity index (χ0v) is 10.9. The quantitative estimate of drug-likeness (QED) is 0.444. The molecule has 0 bridgehead atoms. The van der Waals surface area contributed by atoms with Crippen molar-refractivity contribution in [1.82, 2.24) is 5.32 Å². The van der Waals surface area contributed by atoms with Crippen LogP contribution in [0.25, 0.3) is 0 Å². The minimum Gasteiger partial charge on any atom is -0.497 e. The highest BCUT2D eigenvalue weighted by Gasteiger charge is 2.13. The van der Waals surface area contributed by atoms with Gasteiger partial charge in [-0.25, -0.2) is 0 Å². The van der Waals surface area contributed by atoms with E-state index in [0.717, 1.165) is 0 Å². The third kappa shape index (κ3) is 4.82. The highest BCUT2D eigenvalue weighted by molar-refractivity contribution is 5.72. The highest BCUT2D eigenvalue weighted by Crippen LogP contribution is 2.28. The van der Waals surface area contributed by atoms with Crippen molar-refractivity contribution in [3.05, 3.63) is 28.3 Å². The second-order valence-electron chi connectivity index (χ2n) is 3.90. The molecule has 0 aliphatic heterocycles. The Balaban J connectivity index is 2.59. The fourth-order valence-corrected chi connectivity index (χ4v) is 1.52. The molecule has 104 valence electrons. The van der Waals surface area contributed by atoms with Gasteiger partial charge in [0.2, 0.25) is 5.91 Å². The summed E-state index contributed by atoms with van der Waals surface area (Å²) in [5.74, 6) is 0.460. The van der Waals surface area contributed by atoms with Crippen molar-refractivity contribution in [2.45, 2.75) is 13.3 Å². The van der Waals surface area contributed by atoms with Crippen LogP contribution in [0.5, 0.6) is 5.75 Å². The summed E-state index contributed by atoms with van der Waals surface area (Å²) in [7, 11) is 1.50. The highest BCUT2D eigenvalue weighted by atomic mass is 16.6. The molecular weight excluding hydrogens is 250 g/mol. The standard InChI is InChI=1S/C12H17N3O4/c1-9(16)13-6-3-7-14-11-8-10(19-2)4-5-12(11)15(17)18/h4-5,8,14H,3,6-7H2,1-2H3,(H,13,16). The van der Waals surface area contributed by atoms with Gasteiger partial charge in [-0.2, -0.15) is 0 Å². The van der Waals surface area contributed by atoms with E-state index in [2.05, 4.69) is 10.6 Å². The van der Waals surface area contributed by atoms with Gasteiger partial charge in [0.15, 0.2) is 0 Å². The number of nitrogens with zero attached hydrogens (tertiary/aromatic N) is 1. The summed E-state index contributed by atoms with van der Waals surface area (Å²) < 4.78 is 5.03. The molecule has 2 N–H and O–H groups in total. The number of ether oxygens (including phenoxy) is 1. The van der Waals surface area contributed by atoms with Gasteiger partial charge in [-0.1, -0.05) is 0 Å². The topological polar surface area (TPSA) is 93.5 Å². The third-order valence-corrected chi connectivity index (χ3v) is 2.44. The number of nitrogens with one attached hydrogen (secondary N) is 2. The van der Waals surface area contributed by atoms with Crippen molar-refractivity contribution in [3.63, 3.8) is 0 Å². The number of hydrogen-bond acceptors (Lipinski definition) is 5. The zero-order valence-electron chi connectivity index (χ0n) is 10.9. The lowest BCUT2D eigenvalue weighted by Crippen LogP contribution is -2.22. The minimum atomic E-state index is -0.449. The first-order valence-corrected chi connectivity index (χ1v) is 5.85. The molecule has 0 radical (unpaired) electrons. The zero-order chi connectivity index (χ0) is 14.3. The van der Waals surface area contributed by atoms with E-state index in [0.29, 0.717) is 30.9 Å². The van der Waals surface area contributed by atoms with Crippen LogP contribution in [0.4, 0.5) is 11.4 Å². The summed E-state index contributed by atoms with van der Waals surface area (Å²) in [4.78, 5) is 21.1. The predicted octanol–water partition coefficient (Wildman–Crippen LogP) is 1.54. The molecule has 0 heterocycles. The molecule has 1 aromatic rings. The number of rotatable bonds is 7. The lowest BCUT2D eigenvalue weighted by atomic mass is 10.2. The predicted molar refractivity (Wildman–Crippen MR) is 71.4 cm³/mol. The molecule has 1 aromatic carbocycles. The second-order valence-corrected chi connectivity index (χ2v) is 3.90. The number of carbonyl (C=O) groups is 1. The Labute approximate surface area is 111 Å². The van der Waals surface area contributed by atoms with Gasteiger partial charge in [0.25, 0.3) is 5.69 Å². The number of hydrogen-bond donors (Lipinski definition) is 2. The molecule has 0 saturated heterocycles. The van der Waals surface area contributed by atoms with Crippen molar-refractivity contribution >= 4 is 17.3 Å². The smallest absolute Gasteiger partial charge is 0.292 e. The summed E-state index contributed by atoms with van der Waals surface area (Å²) >= 11 is 0. The average molecular weight is 267 g/mol. The summed E-state index contributed by atoms with van der Waals surface area (Å²) in [6.45, 7) is 2.49. The molecule has 0 aromatic heterocycles. The maximum Gasteiger partial charge on any atom is 0.292 e. The van der Waals surface area contributed by atoms with Gasteiger partial charge in [-0.05, 0) is 12.5 Å². The normalized spacial score (nSPS) is 9.79. The first-order chi connectivity index (χ1) is 9.04. The van der Waals surface area contributed by atoms with E-state index < -0.39 is 4.92 Å². The van der Waals surface area contributed by atoms with Crippen LogP contribution in [-0.4, -0.2) is 31.0 Å². The van der Waals surface area contributed by atoms with E-state index in [1.165, 1.54) is 20.1 Å². The molecule has 0 aliphatic rings. The van der Waals surface area contributed by atoms with E-state index in [9.17, 15) is 14.9 Å². The molecule has 0 fully saturated rings. The molecule has 0 spiro atoms. The van der Waals surface area contributed by atoms with E-state index in [4.69, 9.17) is 4.74 Å². The van der Waals surface area contributed by atoms with Crippen molar-refractivity contribution in [1.29, 1.82) is 0 Å². The van der Waals surface area contributed by atoms with Crippen LogP contribution in [0.1, 0.15) is 13.3 Å². The first-order valence-electron chi connectivity index (χ1n) is 5.85. The van der Waals surface area contributed by atoms with E-state index >= 15 is 0 Å². The molecule has 1 rings (SSSR count). The maximum absolute atomic E-state index is 10.9. The molecular formula is C12H17N3O4. The first kappa shape index (κ1) is 14.7. The van der Waals surface area contributed by atoms with Crippen molar-refractivity contribution in [3.8, 4) is 5.75 Å². The molecule has 7 nitrogen and oxygen atoms in total. The van der Waals surface area contributed by atoms with Crippen molar-refractivity contribution in [2.24, 2.45) is 0 Å². The van der Waals surface area contributed by atoms with Crippen LogP contribution in [-0.2, 0) is 4.79 Å². The number of amides is 1. The molecule has 7 heteroatoms. The SMILES string of the molecule is COc1ccc([N+](=O)[O-])c(NCCCNC(C)=O)c1. The minimum absolute atomic E-state index is 0.000303. The Bertz CT molecular complexity index is 462. The van der Waals surface area contributed by atoms with E-state index in [1.54, 1.807) is 12.1 Å². The molecule has 1 amide bonds. The molecule has 0 aliphatic carbocycles. The number of anilines is 1. The number of nitro groups is 1. The van der Waals surface area contributed by atoms with Gasteiger partial charge in [0, 0.05) is 32.1 Å². The lowest BCUT2D eigenvalue weighted by Gasteiger charge is -2.09. The number of benzene rings is 1. The molecule has 0 unspecified atom stereocenters. The summed E-state index contributed by atoms with van der Waals surface area (Å²) in [6.07, 6.45) is 0.675. The Kier molecular flexibility index (Phi) is 5.59. The Hall–Kier alpha value is -2.31. The van der Waals surface area contributed by atoms with Crippen LogP contribution in [0.15, 0.2) is 18.2 Å². The summed E-state index contributed by atoms with van der Waals surface area (Å²) in [6, 6.07) is 4.52. The van der Waals surface area contributed by atoms with Crippen LogP contribution in [0, 0.1) is 10.1 Å². The van der Waals surface area contributed by atoms with Gasteiger partial charge < -0.3 is 15.4 Å².